The molecule has 15 heavy (non-hydrogen) atoms. The molecule has 0 fully saturated rings. The summed E-state index contributed by atoms with van der Waals surface area (Å²) in [7, 11) is 0. The predicted octanol–water partition coefficient (Wildman–Crippen LogP) is 4.24. The van der Waals surface area contributed by atoms with Gasteiger partial charge in [-0.25, -0.2) is 9.97 Å². The summed E-state index contributed by atoms with van der Waals surface area (Å²) in [6.45, 7) is 3.86. The van der Waals surface area contributed by atoms with Crippen LogP contribution >= 0.6 is 38.9 Å². The quantitative estimate of drug-likeness (QED) is 0.737. The summed E-state index contributed by atoms with van der Waals surface area (Å²) in [5.74, 6) is 0.685. The van der Waals surface area contributed by atoms with Crippen molar-refractivity contribution in [2.45, 2.75) is 13.8 Å². The third-order valence-corrected chi connectivity index (χ3v) is 4.35. The number of aryl methyl sites for hydroxylation is 1. The number of aromatic nitrogens is 2. The van der Waals surface area contributed by atoms with E-state index < -0.39 is 0 Å². The molecule has 0 amide bonds. The molecule has 5 heteroatoms. The Morgan fingerprint density at radius 3 is 2.60 bits per heavy atom. The molecule has 0 aliphatic carbocycles. The fourth-order valence-electron chi connectivity index (χ4n) is 1.15. The Balaban J connectivity index is 2.60. The van der Waals surface area contributed by atoms with Gasteiger partial charge in [-0.3, -0.25) is 0 Å². The third-order valence-electron chi connectivity index (χ3n) is 2.15. The molecule has 0 spiro atoms. The van der Waals surface area contributed by atoms with Crippen LogP contribution in [0.1, 0.15) is 11.3 Å². The fraction of sp³-hybridized carbons (Fsp3) is 0.200. The molecular weight excluding hydrogens is 296 g/mol. The van der Waals surface area contributed by atoms with Crippen LogP contribution in [0.25, 0.3) is 10.7 Å². The summed E-state index contributed by atoms with van der Waals surface area (Å²) < 4.78 is 1.01. The van der Waals surface area contributed by atoms with Gasteiger partial charge in [0.05, 0.1) is 4.88 Å². The first-order valence-corrected chi connectivity index (χ1v) is 6.38. The van der Waals surface area contributed by atoms with Crippen molar-refractivity contribution >= 4 is 38.9 Å². The molecule has 0 aliphatic rings. The van der Waals surface area contributed by atoms with Gasteiger partial charge in [0, 0.05) is 15.7 Å². The summed E-state index contributed by atoms with van der Waals surface area (Å²) in [6.07, 6.45) is 0. The Kier molecular flexibility index (Phi) is 3.09. The second-order valence-electron chi connectivity index (χ2n) is 3.15. The summed E-state index contributed by atoms with van der Waals surface area (Å²) in [4.78, 5) is 9.71. The zero-order valence-electron chi connectivity index (χ0n) is 8.21. The largest absolute Gasteiger partial charge is 0.232 e. The number of hydrogen-bond donors (Lipinski definition) is 0. The second kappa shape index (κ2) is 4.20. The lowest BCUT2D eigenvalue weighted by Crippen LogP contribution is -1.95. The van der Waals surface area contributed by atoms with Gasteiger partial charge in [-0.05, 0) is 41.2 Å². The standard InChI is InChI=1S/C10H8BrClN2S/c1-5-6(2)13-10(14-9(5)12)8-7(11)3-4-15-8/h3-4H,1-2H3. The van der Waals surface area contributed by atoms with Crippen molar-refractivity contribution in [3.05, 3.63) is 32.3 Å². The average molecular weight is 304 g/mol. The lowest BCUT2D eigenvalue weighted by atomic mass is 10.3. The van der Waals surface area contributed by atoms with E-state index in [-0.39, 0.29) is 0 Å². The van der Waals surface area contributed by atoms with Crippen molar-refractivity contribution in [1.82, 2.24) is 9.97 Å². The van der Waals surface area contributed by atoms with Crippen molar-refractivity contribution in [2.24, 2.45) is 0 Å². The van der Waals surface area contributed by atoms with Gasteiger partial charge >= 0.3 is 0 Å². The van der Waals surface area contributed by atoms with Crippen molar-refractivity contribution in [3.8, 4) is 10.7 Å². The molecule has 0 atom stereocenters. The molecule has 78 valence electrons. The summed E-state index contributed by atoms with van der Waals surface area (Å²) >= 11 is 11.1. The van der Waals surface area contributed by atoms with Crippen LogP contribution in [-0.2, 0) is 0 Å². The molecule has 2 nitrogen and oxygen atoms in total. The van der Waals surface area contributed by atoms with E-state index in [0.29, 0.717) is 11.0 Å². The highest BCUT2D eigenvalue weighted by molar-refractivity contribution is 9.10. The normalized spacial score (nSPS) is 10.7. The number of rotatable bonds is 1. The highest BCUT2D eigenvalue weighted by Crippen LogP contribution is 2.32. The van der Waals surface area contributed by atoms with Gasteiger partial charge in [-0.2, -0.15) is 0 Å². The van der Waals surface area contributed by atoms with E-state index >= 15 is 0 Å². The topological polar surface area (TPSA) is 25.8 Å². The molecule has 0 radical (unpaired) electrons. The smallest absolute Gasteiger partial charge is 0.172 e. The van der Waals surface area contributed by atoms with Crippen molar-refractivity contribution in [3.63, 3.8) is 0 Å². The van der Waals surface area contributed by atoms with Crippen LogP contribution in [0.2, 0.25) is 5.15 Å². The van der Waals surface area contributed by atoms with Crippen molar-refractivity contribution in [2.75, 3.05) is 0 Å². The monoisotopic (exact) mass is 302 g/mol. The van der Waals surface area contributed by atoms with Gasteiger partial charge in [0.25, 0.3) is 0 Å². The first-order valence-electron chi connectivity index (χ1n) is 4.33. The maximum absolute atomic E-state index is 6.03. The van der Waals surface area contributed by atoms with E-state index in [1.165, 1.54) is 0 Å². The Hall–Kier alpha value is -0.450. The molecule has 2 aromatic heterocycles. The average Bonchev–Trinajstić information content (AvgIpc) is 2.60. The number of nitrogens with zero attached hydrogens (tertiary/aromatic N) is 2. The molecule has 2 rings (SSSR count). The minimum absolute atomic E-state index is 0.526. The lowest BCUT2D eigenvalue weighted by molar-refractivity contribution is 1.08. The zero-order chi connectivity index (χ0) is 11.0. The van der Waals surface area contributed by atoms with Gasteiger partial charge < -0.3 is 0 Å². The van der Waals surface area contributed by atoms with Gasteiger partial charge in [0.2, 0.25) is 0 Å². The highest BCUT2D eigenvalue weighted by Gasteiger charge is 2.11. The van der Waals surface area contributed by atoms with E-state index in [1.54, 1.807) is 11.3 Å². The summed E-state index contributed by atoms with van der Waals surface area (Å²) in [6, 6.07) is 1.98. The van der Waals surface area contributed by atoms with Crippen LogP contribution in [0.4, 0.5) is 0 Å². The minimum Gasteiger partial charge on any atom is -0.232 e. The SMILES string of the molecule is Cc1nc(-c2sccc2Br)nc(Cl)c1C. The van der Waals surface area contributed by atoms with Crippen molar-refractivity contribution in [1.29, 1.82) is 0 Å². The van der Waals surface area contributed by atoms with Crippen LogP contribution in [-0.4, -0.2) is 9.97 Å². The van der Waals surface area contributed by atoms with Crippen LogP contribution in [0.15, 0.2) is 15.9 Å². The fourth-order valence-corrected chi connectivity index (χ4v) is 2.85. The predicted molar refractivity (Wildman–Crippen MR) is 67.5 cm³/mol. The molecule has 2 aromatic rings. The second-order valence-corrected chi connectivity index (χ2v) is 5.27. The maximum Gasteiger partial charge on any atom is 0.172 e. The Morgan fingerprint density at radius 1 is 1.33 bits per heavy atom. The Morgan fingerprint density at radius 2 is 2.07 bits per heavy atom. The van der Waals surface area contributed by atoms with Crippen LogP contribution in [0.3, 0.4) is 0 Å². The lowest BCUT2D eigenvalue weighted by Gasteiger charge is -2.04. The van der Waals surface area contributed by atoms with Gasteiger partial charge in [-0.15, -0.1) is 11.3 Å². The summed E-state index contributed by atoms with van der Waals surface area (Å²) in [5.41, 5.74) is 1.86. The van der Waals surface area contributed by atoms with Gasteiger partial charge in [0.15, 0.2) is 5.82 Å². The van der Waals surface area contributed by atoms with Gasteiger partial charge in [0.1, 0.15) is 5.15 Å². The first kappa shape index (κ1) is 11.0. The molecule has 0 saturated carbocycles. The summed E-state index contributed by atoms with van der Waals surface area (Å²) in [5, 5.41) is 2.52. The number of hydrogen-bond acceptors (Lipinski definition) is 3. The zero-order valence-corrected chi connectivity index (χ0v) is 11.4. The molecule has 0 unspecified atom stereocenters. The Bertz CT molecular complexity index is 487. The molecule has 2 heterocycles. The maximum atomic E-state index is 6.03. The molecule has 0 aromatic carbocycles. The Labute approximate surface area is 105 Å². The minimum atomic E-state index is 0.526. The highest BCUT2D eigenvalue weighted by atomic mass is 79.9. The number of thiophene rings is 1. The molecular formula is C10H8BrClN2S. The molecule has 0 bridgehead atoms. The van der Waals surface area contributed by atoms with Crippen LogP contribution in [0.5, 0.6) is 0 Å². The van der Waals surface area contributed by atoms with Gasteiger partial charge in [-0.1, -0.05) is 11.6 Å². The molecule has 0 saturated heterocycles. The van der Waals surface area contributed by atoms with E-state index in [2.05, 4.69) is 25.9 Å². The van der Waals surface area contributed by atoms with Crippen LogP contribution in [0, 0.1) is 13.8 Å². The van der Waals surface area contributed by atoms with Crippen LogP contribution < -0.4 is 0 Å². The molecule has 0 aliphatic heterocycles. The van der Waals surface area contributed by atoms with Crippen molar-refractivity contribution < 1.29 is 0 Å². The first-order chi connectivity index (χ1) is 7.09. The molecule has 0 N–H and O–H groups in total. The third kappa shape index (κ3) is 2.07. The van der Waals surface area contributed by atoms with E-state index in [4.69, 9.17) is 11.6 Å². The number of halogens is 2. The van der Waals surface area contributed by atoms with E-state index in [0.717, 1.165) is 20.6 Å². The van der Waals surface area contributed by atoms with E-state index in [1.807, 2.05) is 25.3 Å². The van der Waals surface area contributed by atoms with E-state index in [9.17, 15) is 0 Å².